The van der Waals surface area contributed by atoms with Crippen molar-refractivity contribution in [2.24, 2.45) is 0 Å². The monoisotopic (exact) mass is 3040 g/mol. The van der Waals surface area contributed by atoms with Gasteiger partial charge in [0, 0.05) is 517 Å². The first-order valence-corrected chi connectivity index (χ1v) is 0. The van der Waals surface area contributed by atoms with Crippen molar-refractivity contribution < 1.29 is 474 Å². The molecule has 0 spiro atoms. The second-order valence-corrected chi connectivity index (χ2v) is 0. The van der Waals surface area contributed by atoms with Crippen LogP contribution in [0.1, 0.15) is 0 Å². The van der Waals surface area contributed by atoms with Crippen LogP contribution < -0.4 is 0 Å². The standard InChI is InChI=1S/Cr.5K.41H2O.Si.11W/h;;;;;;41*1H2;;;;;;;;;;;;. The minimum atomic E-state index is 0. The van der Waals surface area contributed by atoms with Gasteiger partial charge < -0.3 is 225 Å². The summed E-state index contributed by atoms with van der Waals surface area (Å²) in [5, 5.41) is 0. The Kier molecular flexibility index (Phi) is 51300. The molecule has 409 valence electrons. The van der Waals surface area contributed by atoms with Crippen molar-refractivity contribution in [3.05, 3.63) is 0 Å². The molecule has 0 aromatic carbocycles. The fraction of sp³-hybridized carbons (Fsp3) is 0. The van der Waals surface area contributed by atoms with Crippen molar-refractivity contribution in [2.75, 3.05) is 0 Å². The number of hydrogen-bond acceptors (Lipinski definition) is 0. The van der Waals surface area contributed by atoms with Crippen LogP contribution in [0.4, 0.5) is 0 Å². The van der Waals surface area contributed by atoms with E-state index in [2.05, 4.69) is 0 Å². The van der Waals surface area contributed by atoms with Gasteiger partial charge in [0.2, 0.25) is 0 Å². The Labute approximate surface area is 723 Å². The average molecular weight is 3040 g/mol. The Morgan fingerprint density at radius 3 is 0.0847 bits per heavy atom. The van der Waals surface area contributed by atoms with Crippen LogP contribution in [-0.2, 0) is 249 Å². The van der Waals surface area contributed by atoms with Gasteiger partial charge >= 0.3 is 0 Å². The maximum atomic E-state index is 0. The molecule has 0 heterocycles. The van der Waals surface area contributed by atoms with Crippen molar-refractivity contribution >= 4 is 268 Å². The first-order chi connectivity index (χ1) is 0. The van der Waals surface area contributed by atoms with Gasteiger partial charge in [-0.1, -0.05) is 0 Å². The van der Waals surface area contributed by atoms with Crippen molar-refractivity contribution in [1.82, 2.24) is 0 Å². The maximum absolute atomic E-state index is 0. The predicted molar refractivity (Wildman–Crippen MR) is 183 cm³/mol. The summed E-state index contributed by atoms with van der Waals surface area (Å²) in [5.74, 6) is 0. The normalized spacial score (nSPS) is 0. The fourth-order valence-corrected chi connectivity index (χ4v) is 0. The van der Waals surface area contributed by atoms with Crippen LogP contribution in [0.3, 0.4) is 0 Å². The van der Waals surface area contributed by atoms with Crippen LogP contribution in [0.2, 0.25) is 0 Å². The average Bonchev–Trinajstić information content (AvgIpc) is 0. The second-order valence-electron chi connectivity index (χ2n) is 0. The van der Waals surface area contributed by atoms with Crippen LogP contribution in [0.15, 0.2) is 0 Å². The predicted octanol–water partition coefficient (Wildman–Crippen LogP) is -36.1. The van der Waals surface area contributed by atoms with Crippen LogP contribution in [0.25, 0.3) is 0 Å². The summed E-state index contributed by atoms with van der Waals surface area (Å²) in [6, 6.07) is 0. The first-order valence-electron chi connectivity index (χ1n) is 0. The molecular weight excluding hydrogens is 2950 g/mol. The maximum Gasteiger partial charge on any atom is 0 e. The van der Waals surface area contributed by atoms with Gasteiger partial charge in [-0.25, -0.2) is 0 Å². The molecular formula is H82CrK5O41SiW11. The molecule has 59 heteroatoms. The van der Waals surface area contributed by atoms with E-state index in [0.29, 0.717) is 0 Å². The third-order valence-electron chi connectivity index (χ3n) is 0. The molecule has 0 aliphatic heterocycles. The van der Waals surface area contributed by atoms with E-state index in [1.165, 1.54) is 0 Å². The van der Waals surface area contributed by atoms with E-state index in [4.69, 9.17) is 0 Å². The van der Waals surface area contributed by atoms with Gasteiger partial charge in [-0.3, -0.25) is 0 Å². The zero-order valence-corrected chi connectivity index (χ0v) is 81.1. The Hall–Kier alpha value is 14.9. The van der Waals surface area contributed by atoms with E-state index in [0.717, 1.165) is 0 Å². The smallest absolute Gasteiger partial charge is 0 e. The van der Waals surface area contributed by atoms with Crippen LogP contribution in [0, 0.1) is 0 Å². The summed E-state index contributed by atoms with van der Waals surface area (Å²) in [6.45, 7) is 0. The van der Waals surface area contributed by atoms with Gasteiger partial charge in [-0.2, -0.15) is 0 Å². The summed E-state index contributed by atoms with van der Waals surface area (Å²) < 4.78 is 0. The molecule has 41 nitrogen and oxygen atoms in total. The molecule has 59 heavy (non-hydrogen) atoms. The van der Waals surface area contributed by atoms with E-state index < -0.39 is 0 Å². The summed E-state index contributed by atoms with van der Waals surface area (Å²) >= 11 is 0. The quantitative estimate of drug-likeness (QED) is 0.204. The summed E-state index contributed by atoms with van der Waals surface area (Å²) in [7, 11) is 0. The van der Waals surface area contributed by atoms with Gasteiger partial charge in [0.15, 0.2) is 0 Å². The van der Waals surface area contributed by atoms with Crippen molar-refractivity contribution in [1.29, 1.82) is 0 Å². The molecule has 0 atom stereocenters. The van der Waals surface area contributed by atoms with E-state index in [1.54, 1.807) is 0 Å². The van der Waals surface area contributed by atoms with Gasteiger partial charge in [-0.15, -0.1) is 0 Å². The Morgan fingerprint density at radius 2 is 0.0847 bits per heavy atom. The summed E-state index contributed by atoms with van der Waals surface area (Å²) in [5.41, 5.74) is 0. The third kappa shape index (κ3) is 1660. The largest absolute Gasteiger partial charge is 0.412 e. The molecule has 82 N–H and O–H groups in total. The van der Waals surface area contributed by atoms with Crippen LogP contribution in [-0.4, -0.2) is 492 Å². The van der Waals surface area contributed by atoms with Crippen LogP contribution >= 0.6 is 0 Å². The fourth-order valence-electron chi connectivity index (χ4n) is 0. The Balaban J connectivity index is 0. The molecule has 0 amide bonds. The van der Waals surface area contributed by atoms with E-state index >= 15 is 0 Å². The molecule has 0 fully saturated rings. The molecule has 0 saturated heterocycles. The Morgan fingerprint density at radius 1 is 0.0847 bits per heavy atom. The third-order valence-corrected chi connectivity index (χ3v) is 0. The van der Waals surface area contributed by atoms with Gasteiger partial charge in [-0.05, 0) is 0 Å². The van der Waals surface area contributed by atoms with E-state index in [9.17, 15) is 0 Å². The second kappa shape index (κ2) is 1700. The molecule has 0 aromatic rings. The Bertz CT molecular complexity index is 77.8. The first kappa shape index (κ1) is 1780. The molecule has 0 aliphatic carbocycles. The minimum Gasteiger partial charge on any atom is -0.412 e. The van der Waals surface area contributed by atoms with Crippen molar-refractivity contribution in [3.63, 3.8) is 0 Å². The topological polar surface area (TPSA) is 1290 Å². The van der Waals surface area contributed by atoms with Gasteiger partial charge in [0.1, 0.15) is 0 Å². The van der Waals surface area contributed by atoms with Crippen LogP contribution in [0.5, 0.6) is 0 Å². The molecule has 0 aromatic heterocycles. The number of rotatable bonds is 0. The SMILES string of the molecule is O.O.O.O.O.O.O.O.O.O.O.O.O.O.O.O.O.O.O.O.O.O.O.O.O.O.O.O.O.O.O.O.O.O.O.O.O.O.O.O.O.[Cr].[K].[K].[K].[K].[K].[Si].[W].[W].[W].[W].[W].[W].[W].[W].[W].[W].[W]. The van der Waals surface area contributed by atoms with Crippen molar-refractivity contribution in [3.8, 4) is 0 Å². The molecule has 0 bridgehead atoms. The van der Waals surface area contributed by atoms with Gasteiger partial charge in [0.05, 0.1) is 0 Å². The van der Waals surface area contributed by atoms with Crippen molar-refractivity contribution in [2.45, 2.75) is 0 Å². The van der Waals surface area contributed by atoms with E-state index in [1.807, 2.05) is 0 Å². The zero-order valence-electron chi connectivity index (χ0n) is 30.9. The molecule has 0 rings (SSSR count). The van der Waals surface area contributed by atoms with Gasteiger partial charge in [0.25, 0.3) is 0 Å². The summed E-state index contributed by atoms with van der Waals surface area (Å²) in [6.07, 6.45) is 0. The minimum absolute atomic E-state index is 0. The molecule has 0 unspecified atom stereocenters. The number of hydrogen-bond donors (Lipinski definition) is 0. The molecule has 0 saturated carbocycles. The zero-order chi connectivity index (χ0) is 0. The molecule has 0 aliphatic rings. The summed E-state index contributed by atoms with van der Waals surface area (Å²) in [4.78, 5) is 0. The molecule has 9 radical (unpaired) electrons. The van der Waals surface area contributed by atoms with E-state index in [-0.39, 0.29) is 741 Å².